The molecule has 2 aromatic rings. The van der Waals surface area contributed by atoms with Gasteiger partial charge in [-0.3, -0.25) is 9.89 Å². The molecule has 0 bridgehead atoms. The Bertz CT molecular complexity index is 661. The second-order valence-electron chi connectivity index (χ2n) is 5.84. The molecule has 1 aromatic carbocycles. The zero-order valence-corrected chi connectivity index (χ0v) is 12.8. The minimum Gasteiger partial charge on any atom is -0.394 e. The van der Waals surface area contributed by atoms with E-state index in [1.807, 2.05) is 12.1 Å². The van der Waals surface area contributed by atoms with Crippen LogP contribution < -0.4 is 0 Å². The number of rotatable bonds is 5. The molecule has 1 amide bonds. The number of hydrogen-bond donors (Lipinski definition) is 2. The molecule has 1 atom stereocenters. The van der Waals surface area contributed by atoms with E-state index in [1.165, 1.54) is 17.7 Å². The van der Waals surface area contributed by atoms with Gasteiger partial charge >= 0.3 is 0 Å². The van der Waals surface area contributed by atoms with Crippen molar-refractivity contribution in [2.45, 2.75) is 31.7 Å². The van der Waals surface area contributed by atoms with Gasteiger partial charge in [-0.15, -0.1) is 0 Å². The maximum absolute atomic E-state index is 12.3. The highest BCUT2D eigenvalue weighted by Crippen LogP contribution is 2.38. The van der Waals surface area contributed by atoms with Gasteiger partial charge in [0.1, 0.15) is 5.82 Å². The summed E-state index contributed by atoms with van der Waals surface area (Å²) in [5.74, 6) is 2.04. The predicted octanol–water partition coefficient (Wildman–Crippen LogP) is 1.80. The van der Waals surface area contributed by atoms with Crippen molar-refractivity contribution in [3.8, 4) is 11.4 Å². The van der Waals surface area contributed by atoms with E-state index in [2.05, 4.69) is 15.2 Å². The summed E-state index contributed by atoms with van der Waals surface area (Å²) in [4.78, 5) is 18.3. The number of benzene rings is 1. The lowest BCUT2D eigenvalue weighted by Crippen LogP contribution is -2.37. The number of nitrogens with zero attached hydrogens (tertiary/aromatic N) is 3. The van der Waals surface area contributed by atoms with Gasteiger partial charge in [0.2, 0.25) is 0 Å². The lowest BCUT2D eigenvalue weighted by molar-refractivity contribution is 0.0682. The summed E-state index contributed by atoms with van der Waals surface area (Å²) in [6.45, 7) is 1.75. The van der Waals surface area contributed by atoms with E-state index in [1.54, 1.807) is 26.1 Å². The van der Waals surface area contributed by atoms with E-state index in [9.17, 15) is 4.79 Å². The van der Waals surface area contributed by atoms with E-state index in [0.29, 0.717) is 17.3 Å². The molecular weight excluding hydrogens is 280 g/mol. The van der Waals surface area contributed by atoms with Gasteiger partial charge in [0.05, 0.1) is 12.6 Å². The van der Waals surface area contributed by atoms with E-state index in [4.69, 9.17) is 5.11 Å². The second-order valence-corrected chi connectivity index (χ2v) is 5.84. The van der Waals surface area contributed by atoms with E-state index in [-0.39, 0.29) is 18.6 Å². The molecule has 22 heavy (non-hydrogen) atoms. The van der Waals surface area contributed by atoms with Crippen LogP contribution in [0.2, 0.25) is 0 Å². The maximum atomic E-state index is 12.3. The third-order valence-electron chi connectivity index (χ3n) is 4.10. The Labute approximate surface area is 129 Å². The molecule has 0 saturated heterocycles. The summed E-state index contributed by atoms with van der Waals surface area (Å²) >= 11 is 0. The molecule has 0 radical (unpaired) electrons. The summed E-state index contributed by atoms with van der Waals surface area (Å²) < 4.78 is 0. The number of carbonyl (C=O) groups is 1. The van der Waals surface area contributed by atoms with Crippen LogP contribution in [0.15, 0.2) is 24.3 Å². The lowest BCUT2D eigenvalue weighted by atomic mass is 10.1. The number of aliphatic hydroxyl groups excluding tert-OH is 1. The number of amides is 1. The van der Waals surface area contributed by atoms with Gasteiger partial charge < -0.3 is 10.0 Å². The van der Waals surface area contributed by atoms with Crippen molar-refractivity contribution in [2.75, 3.05) is 13.7 Å². The Balaban J connectivity index is 1.75. The van der Waals surface area contributed by atoms with Gasteiger partial charge in [-0.25, -0.2) is 4.98 Å². The number of aliphatic hydroxyl groups is 1. The number of aromatic nitrogens is 3. The van der Waals surface area contributed by atoms with Crippen LogP contribution in [0.3, 0.4) is 0 Å². The molecule has 1 unspecified atom stereocenters. The Morgan fingerprint density at radius 2 is 2.09 bits per heavy atom. The molecule has 1 aliphatic rings. The number of aromatic amines is 1. The van der Waals surface area contributed by atoms with Crippen LogP contribution in [0, 0.1) is 0 Å². The highest BCUT2D eigenvalue weighted by molar-refractivity contribution is 5.94. The summed E-state index contributed by atoms with van der Waals surface area (Å²) in [5, 5.41) is 16.3. The molecule has 6 heteroatoms. The largest absolute Gasteiger partial charge is 0.394 e. The fourth-order valence-corrected chi connectivity index (χ4v) is 2.23. The first-order valence-electron chi connectivity index (χ1n) is 7.51. The van der Waals surface area contributed by atoms with E-state index < -0.39 is 0 Å². The molecule has 1 aromatic heterocycles. The average Bonchev–Trinajstić information content (AvgIpc) is 3.30. The van der Waals surface area contributed by atoms with Crippen LogP contribution in [0.25, 0.3) is 11.4 Å². The molecule has 116 valence electrons. The highest BCUT2D eigenvalue weighted by atomic mass is 16.3. The van der Waals surface area contributed by atoms with Gasteiger partial charge in [0.15, 0.2) is 5.82 Å². The fraction of sp³-hybridized carbons (Fsp3) is 0.438. The number of carbonyl (C=O) groups excluding carboxylic acids is 1. The van der Waals surface area contributed by atoms with Crippen LogP contribution in [0.5, 0.6) is 0 Å². The normalized spacial score (nSPS) is 15.6. The minimum absolute atomic E-state index is 0.0541. The minimum atomic E-state index is -0.207. The first kappa shape index (κ1) is 14.7. The van der Waals surface area contributed by atoms with Gasteiger partial charge in [-0.1, -0.05) is 12.1 Å². The van der Waals surface area contributed by atoms with Gasteiger partial charge in [-0.2, -0.15) is 5.10 Å². The lowest BCUT2D eigenvalue weighted by Gasteiger charge is -2.23. The first-order chi connectivity index (χ1) is 10.6. The van der Waals surface area contributed by atoms with Gasteiger partial charge in [0.25, 0.3) is 5.91 Å². The third-order valence-corrected chi connectivity index (χ3v) is 4.10. The number of H-pyrrole nitrogens is 1. The van der Waals surface area contributed by atoms with Crippen molar-refractivity contribution < 1.29 is 9.90 Å². The SMILES string of the molecule is CC(CO)N(C)C(=O)c1ccc(-c2n[nH]c(C3CC3)n2)cc1. The monoisotopic (exact) mass is 300 g/mol. The zero-order valence-electron chi connectivity index (χ0n) is 12.8. The van der Waals surface area contributed by atoms with Crippen molar-refractivity contribution in [2.24, 2.45) is 0 Å². The summed E-state index contributed by atoms with van der Waals surface area (Å²) in [5.41, 5.74) is 1.47. The molecule has 6 nitrogen and oxygen atoms in total. The highest BCUT2D eigenvalue weighted by Gasteiger charge is 2.27. The molecule has 0 aliphatic heterocycles. The average molecular weight is 300 g/mol. The maximum Gasteiger partial charge on any atom is 0.253 e. The van der Waals surface area contributed by atoms with Gasteiger partial charge in [-0.05, 0) is 31.9 Å². The zero-order chi connectivity index (χ0) is 15.7. The predicted molar refractivity (Wildman–Crippen MR) is 82.4 cm³/mol. The van der Waals surface area contributed by atoms with Crippen LogP contribution in [0.1, 0.15) is 41.9 Å². The van der Waals surface area contributed by atoms with Crippen molar-refractivity contribution >= 4 is 5.91 Å². The Kier molecular flexibility index (Phi) is 3.94. The van der Waals surface area contributed by atoms with E-state index >= 15 is 0 Å². The summed E-state index contributed by atoms with van der Waals surface area (Å²) in [6.07, 6.45) is 2.36. The number of nitrogens with one attached hydrogen (secondary N) is 1. The number of likely N-dealkylation sites (N-methyl/N-ethyl adjacent to an activating group) is 1. The van der Waals surface area contributed by atoms with Crippen LogP contribution in [-0.2, 0) is 0 Å². The molecule has 1 fully saturated rings. The number of hydrogen-bond acceptors (Lipinski definition) is 4. The topological polar surface area (TPSA) is 82.1 Å². The van der Waals surface area contributed by atoms with Crippen LogP contribution >= 0.6 is 0 Å². The third kappa shape index (κ3) is 2.87. The first-order valence-corrected chi connectivity index (χ1v) is 7.51. The molecule has 1 heterocycles. The molecule has 1 aliphatic carbocycles. The second kappa shape index (κ2) is 5.88. The Morgan fingerprint density at radius 3 is 2.68 bits per heavy atom. The fourth-order valence-electron chi connectivity index (χ4n) is 2.23. The van der Waals surface area contributed by atoms with Crippen molar-refractivity contribution in [1.82, 2.24) is 20.1 Å². The molecule has 1 saturated carbocycles. The molecule has 3 rings (SSSR count). The van der Waals surface area contributed by atoms with E-state index in [0.717, 1.165) is 11.4 Å². The quantitative estimate of drug-likeness (QED) is 0.882. The molecule has 0 spiro atoms. The Morgan fingerprint density at radius 1 is 1.41 bits per heavy atom. The van der Waals surface area contributed by atoms with Crippen molar-refractivity contribution in [3.63, 3.8) is 0 Å². The van der Waals surface area contributed by atoms with Crippen molar-refractivity contribution in [3.05, 3.63) is 35.7 Å². The molecule has 2 N–H and O–H groups in total. The summed E-state index contributed by atoms with van der Waals surface area (Å²) in [7, 11) is 1.69. The van der Waals surface area contributed by atoms with Gasteiger partial charge in [0, 0.05) is 24.1 Å². The standard InChI is InChI=1S/C16H20N4O2/c1-10(9-21)20(2)16(22)13-7-5-12(6-8-13)15-17-14(18-19-15)11-3-4-11/h5-8,10-11,21H,3-4,9H2,1-2H3,(H,17,18,19). The van der Waals surface area contributed by atoms with Crippen LogP contribution in [-0.4, -0.2) is 50.8 Å². The van der Waals surface area contributed by atoms with Crippen molar-refractivity contribution in [1.29, 1.82) is 0 Å². The van der Waals surface area contributed by atoms with Crippen LogP contribution in [0.4, 0.5) is 0 Å². The summed E-state index contributed by atoms with van der Waals surface area (Å²) in [6, 6.07) is 7.03. The smallest absolute Gasteiger partial charge is 0.253 e. The molecular formula is C16H20N4O2. The Hall–Kier alpha value is -2.21.